The van der Waals surface area contributed by atoms with E-state index in [1.807, 2.05) is 0 Å². The lowest BCUT2D eigenvalue weighted by Crippen LogP contribution is -2.40. The molecule has 14 nitrogen and oxygen atoms in total. The molecule has 0 saturated heterocycles. The summed E-state index contributed by atoms with van der Waals surface area (Å²) in [6.45, 7) is 0.285. The first-order valence-electron chi connectivity index (χ1n) is 12.2. The normalized spacial score (nSPS) is 11.6. The van der Waals surface area contributed by atoms with Gasteiger partial charge >= 0.3 is 11.9 Å². The third-order valence-electron chi connectivity index (χ3n) is 5.78. The first-order valence-corrected chi connectivity index (χ1v) is 12.2. The van der Waals surface area contributed by atoms with Gasteiger partial charge in [-0.3, -0.25) is 24.2 Å². The quantitative estimate of drug-likeness (QED) is 0.154. The van der Waals surface area contributed by atoms with Crippen LogP contribution in [0, 0.1) is 0 Å². The fourth-order valence-corrected chi connectivity index (χ4v) is 3.70. The smallest absolute Gasteiger partial charge is 0.326 e. The number of carbonyl (C=O) groups is 4. The average molecular weight is 540 g/mol. The summed E-state index contributed by atoms with van der Waals surface area (Å²) in [6.07, 6.45) is 3.28. The SMILES string of the molecule is Nc1nc2ncc(CCc3ccc(C(=O)N[C@@H](CCCCNC(=O)CCC(=O)O)C(=O)O)cc3)nc2c(=O)[nH]1. The maximum atomic E-state index is 12.6. The van der Waals surface area contributed by atoms with Gasteiger partial charge in [0.15, 0.2) is 11.2 Å². The third-order valence-corrected chi connectivity index (χ3v) is 5.78. The number of hydrogen-bond acceptors (Lipinski definition) is 9. The van der Waals surface area contributed by atoms with Crippen LogP contribution in [0.25, 0.3) is 11.2 Å². The van der Waals surface area contributed by atoms with E-state index >= 15 is 0 Å². The maximum absolute atomic E-state index is 12.6. The molecule has 0 unspecified atom stereocenters. The number of nitrogens with one attached hydrogen (secondary N) is 3. The number of aliphatic carboxylic acids is 2. The van der Waals surface area contributed by atoms with Crippen molar-refractivity contribution < 1.29 is 29.4 Å². The zero-order valence-corrected chi connectivity index (χ0v) is 21.0. The van der Waals surface area contributed by atoms with Gasteiger partial charge in [-0.05, 0) is 49.8 Å². The number of rotatable bonds is 14. The van der Waals surface area contributed by atoms with Gasteiger partial charge in [0.05, 0.1) is 18.3 Å². The lowest BCUT2D eigenvalue weighted by atomic mass is 10.0. The standard InChI is InChI=1S/C25H29N7O7/c26-25-31-21-20(23(37)32-25)29-16(13-28-21)9-6-14-4-7-15(8-5-14)22(36)30-17(24(38)39)3-1-2-12-27-18(33)10-11-19(34)35/h4-5,7-8,13,17H,1-3,6,9-12H2,(H,27,33)(H,30,36)(H,34,35)(H,38,39)(H3,26,28,31,32,37)/t17-/m0/s1. The highest BCUT2D eigenvalue weighted by Gasteiger charge is 2.20. The molecule has 0 bridgehead atoms. The van der Waals surface area contributed by atoms with Crippen molar-refractivity contribution in [2.24, 2.45) is 0 Å². The Morgan fingerprint density at radius 2 is 1.74 bits per heavy atom. The van der Waals surface area contributed by atoms with Gasteiger partial charge in [0.2, 0.25) is 11.9 Å². The predicted octanol–water partition coefficient (Wildman–Crippen LogP) is 0.415. The van der Waals surface area contributed by atoms with Crippen LogP contribution < -0.4 is 21.9 Å². The Bertz CT molecular complexity index is 1410. The summed E-state index contributed by atoms with van der Waals surface area (Å²) in [6, 6.07) is 5.60. The van der Waals surface area contributed by atoms with Crippen molar-refractivity contribution >= 4 is 40.9 Å². The summed E-state index contributed by atoms with van der Waals surface area (Å²) in [5.41, 5.74) is 7.09. The Morgan fingerprint density at radius 1 is 1.00 bits per heavy atom. The number of aromatic nitrogens is 4. The van der Waals surface area contributed by atoms with Gasteiger partial charge in [0, 0.05) is 18.5 Å². The van der Waals surface area contributed by atoms with Gasteiger partial charge in [0.25, 0.3) is 11.5 Å². The first-order chi connectivity index (χ1) is 18.6. The lowest BCUT2D eigenvalue weighted by molar-refractivity contribution is -0.139. The van der Waals surface area contributed by atoms with Crippen molar-refractivity contribution in [3.63, 3.8) is 0 Å². The number of carboxylic acid groups (broad SMARTS) is 2. The van der Waals surface area contributed by atoms with Gasteiger partial charge in [-0.25, -0.2) is 14.8 Å². The second kappa shape index (κ2) is 13.6. The average Bonchev–Trinajstić information content (AvgIpc) is 2.90. The molecule has 14 heteroatoms. The number of fused-ring (bicyclic) bond motifs is 1. The Kier molecular flexibility index (Phi) is 10.0. The molecule has 3 rings (SSSR count). The van der Waals surface area contributed by atoms with Crippen LogP contribution in [0.4, 0.5) is 5.95 Å². The summed E-state index contributed by atoms with van der Waals surface area (Å²) in [7, 11) is 0. The molecule has 206 valence electrons. The van der Waals surface area contributed by atoms with Gasteiger partial charge in [-0.1, -0.05) is 12.1 Å². The first kappa shape index (κ1) is 28.7. The third kappa shape index (κ3) is 8.87. The van der Waals surface area contributed by atoms with E-state index in [-0.39, 0.29) is 48.8 Å². The van der Waals surface area contributed by atoms with E-state index in [4.69, 9.17) is 10.8 Å². The fourth-order valence-electron chi connectivity index (χ4n) is 3.70. The van der Waals surface area contributed by atoms with Crippen molar-refractivity contribution in [1.29, 1.82) is 0 Å². The van der Waals surface area contributed by atoms with Crippen molar-refractivity contribution in [3.8, 4) is 0 Å². The van der Waals surface area contributed by atoms with Crippen LogP contribution in [0.2, 0.25) is 0 Å². The summed E-state index contributed by atoms with van der Waals surface area (Å²) in [5, 5.41) is 23.1. The maximum Gasteiger partial charge on any atom is 0.326 e. The van der Waals surface area contributed by atoms with Crippen LogP contribution in [-0.2, 0) is 27.2 Å². The molecule has 0 aliphatic heterocycles. The number of H-pyrrole nitrogens is 1. The zero-order chi connectivity index (χ0) is 28.4. The number of anilines is 1. The molecule has 7 N–H and O–H groups in total. The minimum Gasteiger partial charge on any atom is -0.481 e. The second-order valence-electron chi connectivity index (χ2n) is 8.79. The molecule has 2 amide bonds. The zero-order valence-electron chi connectivity index (χ0n) is 21.0. The molecular weight excluding hydrogens is 510 g/mol. The van der Waals surface area contributed by atoms with Gasteiger partial charge in [-0.15, -0.1) is 0 Å². The molecule has 0 aliphatic rings. The number of carbonyl (C=O) groups excluding carboxylic acids is 2. The van der Waals surface area contributed by atoms with Crippen molar-refractivity contribution in [3.05, 3.63) is 57.6 Å². The van der Waals surface area contributed by atoms with Crippen LogP contribution in [0.5, 0.6) is 0 Å². The molecule has 3 aromatic rings. The highest BCUT2D eigenvalue weighted by Crippen LogP contribution is 2.11. The highest BCUT2D eigenvalue weighted by molar-refractivity contribution is 5.96. The van der Waals surface area contributed by atoms with E-state index in [2.05, 4.69) is 30.6 Å². The van der Waals surface area contributed by atoms with E-state index in [9.17, 15) is 29.1 Å². The number of unbranched alkanes of at least 4 members (excludes halogenated alkanes) is 1. The number of carboxylic acids is 2. The number of nitrogens with two attached hydrogens (primary N) is 1. The van der Waals surface area contributed by atoms with Gasteiger partial charge in [-0.2, -0.15) is 4.98 Å². The Labute approximate surface area is 222 Å². The number of hydrogen-bond donors (Lipinski definition) is 6. The van der Waals surface area contributed by atoms with Gasteiger partial charge < -0.3 is 26.6 Å². The number of amides is 2. The summed E-state index contributed by atoms with van der Waals surface area (Å²) in [4.78, 5) is 72.9. The number of nitrogens with zero attached hydrogens (tertiary/aromatic N) is 3. The van der Waals surface area contributed by atoms with Crippen molar-refractivity contribution in [1.82, 2.24) is 30.6 Å². The Morgan fingerprint density at radius 3 is 2.44 bits per heavy atom. The Balaban J connectivity index is 1.46. The molecule has 1 atom stereocenters. The van der Waals surface area contributed by atoms with Crippen molar-refractivity contribution in [2.45, 2.75) is 51.0 Å². The largest absolute Gasteiger partial charge is 0.481 e. The summed E-state index contributed by atoms with van der Waals surface area (Å²) < 4.78 is 0. The molecule has 39 heavy (non-hydrogen) atoms. The fraction of sp³-hybridized carbons (Fsp3) is 0.360. The number of aromatic amines is 1. The lowest BCUT2D eigenvalue weighted by Gasteiger charge is -2.15. The molecule has 0 saturated carbocycles. The highest BCUT2D eigenvalue weighted by atomic mass is 16.4. The van der Waals surface area contributed by atoms with Crippen LogP contribution >= 0.6 is 0 Å². The molecule has 1 aromatic carbocycles. The van der Waals surface area contributed by atoms with E-state index < -0.39 is 29.4 Å². The number of aryl methyl sites for hydroxylation is 2. The molecule has 2 aromatic heterocycles. The topological polar surface area (TPSA) is 230 Å². The van der Waals surface area contributed by atoms with E-state index in [1.54, 1.807) is 24.3 Å². The second-order valence-corrected chi connectivity index (χ2v) is 8.79. The van der Waals surface area contributed by atoms with E-state index in [1.165, 1.54) is 6.20 Å². The predicted molar refractivity (Wildman–Crippen MR) is 139 cm³/mol. The summed E-state index contributed by atoms with van der Waals surface area (Å²) in [5.74, 6) is -3.17. The molecule has 0 aliphatic carbocycles. The molecule has 0 radical (unpaired) electrons. The van der Waals surface area contributed by atoms with Crippen LogP contribution in [0.3, 0.4) is 0 Å². The van der Waals surface area contributed by atoms with E-state index in [0.717, 1.165) is 5.56 Å². The summed E-state index contributed by atoms with van der Waals surface area (Å²) >= 11 is 0. The van der Waals surface area contributed by atoms with Gasteiger partial charge in [0.1, 0.15) is 6.04 Å². The molecule has 0 fully saturated rings. The minimum atomic E-state index is -1.17. The minimum absolute atomic E-state index is 0.0370. The monoisotopic (exact) mass is 539 g/mol. The molecular formula is C25H29N7O7. The van der Waals surface area contributed by atoms with Crippen LogP contribution in [-0.4, -0.2) is 66.5 Å². The molecule has 0 spiro atoms. The van der Waals surface area contributed by atoms with Crippen LogP contribution in [0.1, 0.15) is 53.7 Å². The van der Waals surface area contributed by atoms with E-state index in [0.29, 0.717) is 36.9 Å². The number of nitrogen functional groups attached to an aromatic ring is 1. The van der Waals surface area contributed by atoms with Crippen LogP contribution in [0.15, 0.2) is 35.3 Å². The molecule has 2 heterocycles. The van der Waals surface area contributed by atoms with Crippen molar-refractivity contribution in [2.75, 3.05) is 12.3 Å². The Hall–Kier alpha value is -4.88. The number of benzene rings is 1.